The fourth-order valence-electron chi connectivity index (χ4n) is 2.62. The van der Waals surface area contributed by atoms with Crippen LogP contribution in [0.5, 0.6) is 0 Å². The third-order valence-corrected chi connectivity index (χ3v) is 3.91. The topological polar surface area (TPSA) is 60.9 Å². The number of hydrogen-bond donors (Lipinski definition) is 1. The van der Waals surface area contributed by atoms with E-state index in [4.69, 9.17) is 0 Å². The van der Waals surface area contributed by atoms with Crippen molar-refractivity contribution in [3.05, 3.63) is 35.5 Å². The minimum Gasteiger partial charge on any atom is -0.353 e. The third-order valence-electron chi connectivity index (χ3n) is 3.91. The Morgan fingerprint density at radius 3 is 2.55 bits per heavy atom. The molecular weight excluding hydrogens is 252 g/mol. The van der Waals surface area contributed by atoms with Crippen molar-refractivity contribution in [2.45, 2.75) is 20.4 Å². The second-order valence-corrected chi connectivity index (χ2v) is 5.24. The van der Waals surface area contributed by atoms with Crippen LogP contribution in [-0.2, 0) is 6.54 Å². The molecule has 1 saturated heterocycles. The molecule has 1 N–H and O–H groups in total. The van der Waals surface area contributed by atoms with E-state index in [1.54, 1.807) is 12.4 Å². The molecule has 0 bridgehead atoms. The summed E-state index contributed by atoms with van der Waals surface area (Å²) in [6.45, 7) is 9.20. The number of nitrogens with zero attached hydrogens (tertiary/aromatic N) is 5. The predicted molar refractivity (Wildman–Crippen MR) is 77.6 cm³/mol. The quantitative estimate of drug-likeness (QED) is 0.908. The molecule has 3 heterocycles. The molecule has 0 aliphatic carbocycles. The number of rotatable bonds is 3. The lowest BCUT2D eigenvalue weighted by Gasteiger charge is -2.35. The van der Waals surface area contributed by atoms with E-state index in [9.17, 15) is 0 Å². The van der Waals surface area contributed by atoms with E-state index in [-0.39, 0.29) is 0 Å². The summed E-state index contributed by atoms with van der Waals surface area (Å²) in [6, 6.07) is 0. The van der Waals surface area contributed by atoms with Gasteiger partial charge in [0.2, 0.25) is 0 Å². The van der Waals surface area contributed by atoms with Crippen LogP contribution in [-0.4, -0.2) is 51.2 Å². The molecule has 0 amide bonds. The van der Waals surface area contributed by atoms with E-state index in [0.717, 1.165) is 44.2 Å². The molecule has 0 spiro atoms. The highest BCUT2D eigenvalue weighted by molar-refractivity contribution is 5.35. The second-order valence-electron chi connectivity index (χ2n) is 5.24. The van der Waals surface area contributed by atoms with Crippen molar-refractivity contribution < 1.29 is 0 Å². The Hall–Kier alpha value is -1.95. The van der Waals surface area contributed by atoms with Crippen molar-refractivity contribution >= 4 is 5.82 Å². The fraction of sp³-hybridized carbons (Fsp3) is 0.500. The Morgan fingerprint density at radius 1 is 1.15 bits per heavy atom. The minimum atomic E-state index is 0.975. The largest absolute Gasteiger partial charge is 0.353 e. The van der Waals surface area contributed by atoms with E-state index in [1.165, 1.54) is 11.3 Å². The summed E-state index contributed by atoms with van der Waals surface area (Å²) in [5.74, 6) is 0.975. The van der Waals surface area contributed by atoms with Crippen LogP contribution >= 0.6 is 0 Å². The average Bonchev–Trinajstić information content (AvgIpc) is 2.81. The van der Waals surface area contributed by atoms with Crippen LogP contribution in [0.2, 0.25) is 0 Å². The third kappa shape index (κ3) is 2.65. The highest BCUT2D eigenvalue weighted by Crippen LogP contribution is 2.16. The summed E-state index contributed by atoms with van der Waals surface area (Å²) in [7, 11) is 0. The molecular formula is C14H20N6. The van der Waals surface area contributed by atoms with E-state index < -0.39 is 0 Å². The average molecular weight is 272 g/mol. The Morgan fingerprint density at radius 2 is 1.95 bits per heavy atom. The van der Waals surface area contributed by atoms with Gasteiger partial charge in [0.1, 0.15) is 5.82 Å². The first-order chi connectivity index (χ1) is 9.74. The highest BCUT2D eigenvalue weighted by Gasteiger charge is 2.19. The van der Waals surface area contributed by atoms with Crippen molar-refractivity contribution in [1.29, 1.82) is 0 Å². The van der Waals surface area contributed by atoms with Gasteiger partial charge in [0.05, 0.1) is 11.9 Å². The molecule has 0 aromatic carbocycles. The number of piperazine rings is 1. The monoisotopic (exact) mass is 272 g/mol. The first-order valence-electron chi connectivity index (χ1n) is 6.98. The van der Waals surface area contributed by atoms with Gasteiger partial charge < -0.3 is 4.90 Å². The normalized spacial score (nSPS) is 16.6. The maximum atomic E-state index is 4.36. The molecule has 20 heavy (non-hydrogen) atoms. The smallest absolute Gasteiger partial charge is 0.147 e. The first-order valence-corrected chi connectivity index (χ1v) is 6.98. The number of nitrogens with one attached hydrogen (secondary N) is 1. The van der Waals surface area contributed by atoms with Crippen LogP contribution in [0.4, 0.5) is 5.82 Å². The van der Waals surface area contributed by atoms with Crippen molar-refractivity contribution in [1.82, 2.24) is 25.1 Å². The number of H-pyrrole nitrogens is 1. The van der Waals surface area contributed by atoms with Crippen LogP contribution in [0.1, 0.15) is 17.0 Å². The molecule has 1 aliphatic heterocycles. The number of anilines is 1. The van der Waals surface area contributed by atoms with Gasteiger partial charge in [-0.15, -0.1) is 0 Å². The van der Waals surface area contributed by atoms with Gasteiger partial charge in [-0.25, -0.2) is 4.98 Å². The Labute approximate surface area is 118 Å². The lowest BCUT2D eigenvalue weighted by Crippen LogP contribution is -2.46. The predicted octanol–water partition coefficient (Wildman–Crippen LogP) is 1.14. The van der Waals surface area contributed by atoms with Crippen LogP contribution in [0.15, 0.2) is 18.6 Å². The standard InChI is InChI=1S/C14H20N6/c1-11-13(12(2)18-17-11)10-19-5-7-20(8-6-19)14-9-15-3-4-16-14/h3-4,9H,5-8,10H2,1-2H3,(H,17,18). The van der Waals surface area contributed by atoms with E-state index in [0.29, 0.717) is 0 Å². The van der Waals surface area contributed by atoms with Crippen LogP contribution < -0.4 is 4.90 Å². The molecule has 0 radical (unpaired) electrons. The zero-order valence-electron chi connectivity index (χ0n) is 12.0. The Kier molecular flexibility index (Phi) is 3.64. The maximum absolute atomic E-state index is 4.36. The molecule has 2 aromatic rings. The molecule has 0 unspecified atom stereocenters. The summed E-state index contributed by atoms with van der Waals surface area (Å²) < 4.78 is 0. The van der Waals surface area contributed by atoms with Crippen molar-refractivity contribution in [3.63, 3.8) is 0 Å². The molecule has 6 nitrogen and oxygen atoms in total. The Balaban J connectivity index is 1.59. The van der Waals surface area contributed by atoms with Gasteiger partial charge >= 0.3 is 0 Å². The zero-order chi connectivity index (χ0) is 13.9. The van der Waals surface area contributed by atoms with Crippen LogP contribution in [0.25, 0.3) is 0 Å². The number of aromatic nitrogens is 4. The van der Waals surface area contributed by atoms with E-state index in [1.807, 2.05) is 6.20 Å². The van der Waals surface area contributed by atoms with Crippen molar-refractivity contribution in [2.24, 2.45) is 0 Å². The SMILES string of the molecule is Cc1n[nH]c(C)c1CN1CCN(c2cnccn2)CC1. The van der Waals surface area contributed by atoms with Gasteiger partial charge in [-0.05, 0) is 13.8 Å². The second kappa shape index (κ2) is 5.58. The van der Waals surface area contributed by atoms with Crippen molar-refractivity contribution in [3.8, 4) is 0 Å². The van der Waals surface area contributed by atoms with E-state index in [2.05, 4.69) is 43.8 Å². The number of hydrogen-bond acceptors (Lipinski definition) is 5. The molecule has 0 atom stereocenters. The lowest BCUT2D eigenvalue weighted by atomic mass is 10.1. The number of aromatic amines is 1. The molecule has 2 aromatic heterocycles. The van der Waals surface area contributed by atoms with Gasteiger partial charge in [-0.3, -0.25) is 15.0 Å². The van der Waals surface area contributed by atoms with Crippen LogP contribution in [0, 0.1) is 13.8 Å². The molecule has 1 fully saturated rings. The van der Waals surface area contributed by atoms with Gasteiger partial charge in [0.25, 0.3) is 0 Å². The minimum absolute atomic E-state index is 0.975. The molecule has 1 aliphatic rings. The Bertz CT molecular complexity index is 537. The van der Waals surface area contributed by atoms with Gasteiger partial charge in [-0.2, -0.15) is 5.10 Å². The van der Waals surface area contributed by atoms with Gasteiger partial charge in [0.15, 0.2) is 0 Å². The lowest BCUT2D eigenvalue weighted by molar-refractivity contribution is 0.248. The van der Waals surface area contributed by atoms with E-state index >= 15 is 0 Å². The van der Waals surface area contributed by atoms with Gasteiger partial charge in [0, 0.05) is 56.4 Å². The summed E-state index contributed by atoms with van der Waals surface area (Å²) >= 11 is 0. The highest BCUT2D eigenvalue weighted by atomic mass is 15.3. The summed E-state index contributed by atoms with van der Waals surface area (Å²) in [6.07, 6.45) is 5.30. The summed E-state index contributed by atoms with van der Waals surface area (Å²) in [5.41, 5.74) is 3.62. The van der Waals surface area contributed by atoms with Gasteiger partial charge in [-0.1, -0.05) is 0 Å². The summed E-state index contributed by atoms with van der Waals surface area (Å²) in [5, 5.41) is 7.32. The summed E-state index contributed by atoms with van der Waals surface area (Å²) in [4.78, 5) is 13.3. The van der Waals surface area contributed by atoms with Crippen LogP contribution in [0.3, 0.4) is 0 Å². The zero-order valence-corrected chi connectivity index (χ0v) is 12.0. The molecule has 3 rings (SSSR count). The molecule has 106 valence electrons. The molecule has 6 heteroatoms. The van der Waals surface area contributed by atoms with Crippen molar-refractivity contribution in [2.75, 3.05) is 31.1 Å². The molecule has 0 saturated carbocycles. The fourth-order valence-corrected chi connectivity index (χ4v) is 2.62. The first kappa shape index (κ1) is 13.1. The number of aryl methyl sites for hydroxylation is 2. The maximum Gasteiger partial charge on any atom is 0.147 e.